The van der Waals surface area contributed by atoms with Gasteiger partial charge >= 0.3 is 0 Å². The number of aliphatic imine (C=N–C) groups is 2. The van der Waals surface area contributed by atoms with Crippen molar-refractivity contribution >= 4 is 47.6 Å². The molecular formula is C50H41BrN4O4S2. The molecule has 304 valence electrons. The van der Waals surface area contributed by atoms with Gasteiger partial charge in [-0.25, -0.2) is 25.4 Å². The Bertz CT molecular complexity index is 2790. The zero-order chi connectivity index (χ0) is 42.3. The third kappa shape index (κ3) is 7.62. The van der Waals surface area contributed by atoms with Gasteiger partial charge in [-0.3, -0.25) is 9.98 Å². The number of sulfonamides is 2. The van der Waals surface area contributed by atoms with E-state index in [4.69, 9.17) is 9.98 Å². The lowest BCUT2D eigenvalue weighted by molar-refractivity contribution is 0.420. The first-order chi connectivity index (χ1) is 29.5. The number of aryl methyl sites for hydroxylation is 2. The van der Waals surface area contributed by atoms with Crippen molar-refractivity contribution in [1.29, 1.82) is 0 Å². The lowest BCUT2D eigenvalue weighted by Crippen LogP contribution is -2.39. The highest BCUT2D eigenvalue weighted by atomic mass is 79.9. The van der Waals surface area contributed by atoms with Gasteiger partial charge in [-0.05, 0) is 78.6 Å². The molecule has 0 radical (unpaired) electrons. The fourth-order valence-electron chi connectivity index (χ4n) is 8.21. The molecule has 9 rings (SSSR count). The molecule has 0 N–H and O–H groups in total. The largest absolute Gasteiger partial charge is 0.266 e. The molecule has 0 bridgehead atoms. The maximum absolute atomic E-state index is 15.2. The lowest BCUT2D eigenvalue weighted by Gasteiger charge is -2.31. The molecule has 2 aliphatic rings. The van der Waals surface area contributed by atoms with Crippen LogP contribution in [0, 0.1) is 13.8 Å². The van der Waals surface area contributed by atoms with Crippen LogP contribution in [0.15, 0.2) is 212 Å². The molecule has 11 heteroatoms. The van der Waals surface area contributed by atoms with Crippen molar-refractivity contribution in [2.45, 2.75) is 47.8 Å². The smallest absolute Gasteiger partial charge is 0.256 e. The number of amidine groups is 2. The van der Waals surface area contributed by atoms with Gasteiger partial charge in [-0.15, -0.1) is 0 Å². The molecule has 0 aromatic heterocycles. The summed E-state index contributed by atoms with van der Waals surface area (Å²) in [5.41, 5.74) is 6.02. The third-order valence-corrected chi connectivity index (χ3v) is 15.2. The zero-order valence-corrected chi connectivity index (χ0v) is 36.5. The number of hydrogen-bond donors (Lipinski definition) is 0. The van der Waals surface area contributed by atoms with Crippen molar-refractivity contribution in [2.75, 3.05) is 0 Å². The molecule has 0 spiro atoms. The SMILES string of the molecule is Cc1ccc(S(=O)(=O)N2C(c3cc(Br)cc(C4=N[C@@H](c5ccccc5)[C@H](c5ccccc5)N4S(=O)(=O)c4ccc(C)cc4)c3)=N[C@@H](c3ccccc3)[C@@H]2c2ccccc2)cc1. The molecule has 0 saturated carbocycles. The van der Waals surface area contributed by atoms with E-state index in [1.807, 2.05) is 153 Å². The van der Waals surface area contributed by atoms with E-state index in [0.717, 1.165) is 33.4 Å². The first kappa shape index (κ1) is 40.3. The van der Waals surface area contributed by atoms with Crippen LogP contribution in [0.1, 0.15) is 68.7 Å². The van der Waals surface area contributed by atoms with E-state index in [0.29, 0.717) is 15.6 Å². The second-order valence-corrected chi connectivity index (χ2v) is 19.8. The number of rotatable bonds is 10. The molecule has 0 amide bonds. The Morgan fingerprint density at radius 2 is 0.738 bits per heavy atom. The predicted molar refractivity (Wildman–Crippen MR) is 244 cm³/mol. The first-order valence-electron chi connectivity index (χ1n) is 19.9. The van der Waals surface area contributed by atoms with E-state index in [1.165, 1.54) is 8.61 Å². The summed E-state index contributed by atoms with van der Waals surface area (Å²) in [5.74, 6) is 0.438. The Balaban J connectivity index is 1.27. The molecular weight excluding hydrogens is 865 g/mol. The Kier molecular flexibility index (Phi) is 10.8. The maximum Gasteiger partial charge on any atom is 0.266 e. The molecule has 0 unspecified atom stereocenters. The summed E-state index contributed by atoms with van der Waals surface area (Å²) < 4.78 is 64.3. The van der Waals surface area contributed by atoms with Crippen molar-refractivity contribution in [2.24, 2.45) is 9.98 Å². The summed E-state index contributed by atoms with van der Waals surface area (Å²) in [5, 5.41) is 0. The van der Waals surface area contributed by atoms with E-state index in [1.54, 1.807) is 48.5 Å². The van der Waals surface area contributed by atoms with Gasteiger partial charge in [0, 0.05) is 15.6 Å². The Labute approximate surface area is 365 Å². The van der Waals surface area contributed by atoms with Gasteiger partial charge in [0.15, 0.2) is 0 Å². The predicted octanol–water partition coefficient (Wildman–Crippen LogP) is 10.9. The van der Waals surface area contributed by atoms with Crippen LogP contribution in [0.3, 0.4) is 0 Å². The molecule has 2 aliphatic heterocycles. The van der Waals surface area contributed by atoms with Crippen LogP contribution in [-0.4, -0.2) is 37.1 Å². The van der Waals surface area contributed by atoms with Gasteiger partial charge in [0.2, 0.25) is 0 Å². The molecule has 4 atom stereocenters. The van der Waals surface area contributed by atoms with Crippen LogP contribution in [0.5, 0.6) is 0 Å². The molecule has 2 heterocycles. The van der Waals surface area contributed by atoms with E-state index >= 15 is 16.8 Å². The van der Waals surface area contributed by atoms with Crippen molar-refractivity contribution in [3.63, 3.8) is 0 Å². The van der Waals surface area contributed by atoms with Crippen LogP contribution in [0.25, 0.3) is 0 Å². The average Bonchev–Trinajstić information content (AvgIpc) is 3.90. The van der Waals surface area contributed by atoms with E-state index in [2.05, 4.69) is 15.9 Å². The highest BCUT2D eigenvalue weighted by molar-refractivity contribution is 9.10. The Hall–Kier alpha value is -6.14. The fourth-order valence-corrected chi connectivity index (χ4v) is 12.0. The second kappa shape index (κ2) is 16.4. The molecule has 0 saturated heterocycles. The monoisotopic (exact) mass is 904 g/mol. The Morgan fingerprint density at radius 1 is 0.426 bits per heavy atom. The van der Waals surface area contributed by atoms with Gasteiger partial charge in [-0.2, -0.15) is 0 Å². The average molecular weight is 906 g/mol. The minimum Gasteiger partial charge on any atom is -0.256 e. The highest BCUT2D eigenvalue weighted by Gasteiger charge is 2.48. The topological polar surface area (TPSA) is 99.5 Å². The standard InChI is InChI=1S/C50H41BrN4O4S2/c1-34-23-27-43(28-24-34)60(56,57)54-47(38-19-11-5-12-20-38)45(36-15-7-3-8-16-36)52-49(54)40-31-41(33-42(51)32-40)50-53-46(37-17-9-4-10-18-37)48(39-21-13-6-14-22-39)55(50)61(58,59)44-29-25-35(2)26-30-44/h3-33,45-48H,1-2H3/t45-,46-,47-,48-/m0/s1. The van der Waals surface area contributed by atoms with Crippen LogP contribution < -0.4 is 0 Å². The van der Waals surface area contributed by atoms with E-state index < -0.39 is 44.2 Å². The summed E-state index contributed by atoms with van der Waals surface area (Å²) in [6, 6.07) is 54.9. The van der Waals surface area contributed by atoms with Crippen molar-refractivity contribution in [3.8, 4) is 0 Å². The van der Waals surface area contributed by atoms with Crippen LogP contribution >= 0.6 is 15.9 Å². The zero-order valence-electron chi connectivity index (χ0n) is 33.3. The summed E-state index contributed by atoms with van der Waals surface area (Å²) in [6.07, 6.45) is 0. The summed E-state index contributed by atoms with van der Waals surface area (Å²) in [7, 11) is -8.50. The maximum atomic E-state index is 15.2. The minimum atomic E-state index is -4.25. The highest BCUT2D eigenvalue weighted by Crippen LogP contribution is 2.49. The fraction of sp³-hybridized carbons (Fsp3) is 0.120. The van der Waals surface area contributed by atoms with Gasteiger partial charge in [-0.1, -0.05) is 173 Å². The molecule has 0 aliphatic carbocycles. The second-order valence-electron chi connectivity index (χ2n) is 15.3. The third-order valence-electron chi connectivity index (χ3n) is 11.2. The molecule has 8 nitrogen and oxygen atoms in total. The van der Waals surface area contributed by atoms with Gasteiger partial charge in [0.1, 0.15) is 23.8 Å². The lowest BCUT2D eigenvalue weighted by atomic mass is 9.95. The van der Waals surface area contributed by atoms with E-state index in [9.17, 15) is 0 Å². The molecule has 0 fully saturated rings. The van der Waals surface area contributed by atoms with Gasteiger partial charge in [0.05, 0.1) is 21.9 Å². The number of benzene rings is 7. The molecule has 7 aromatic carbocycles. The van der Waals surface area contributed by atoms with Crippen LogP contribution in [0.2, 0.25) is 0 Å². The van der Waals surface area contributed by atoms with E-state index in [-0.39, 0.29) is 21.5 Å². The van der Waals surface area contributed by atoms with Gasteiger partial charge < -0.3 is 0 Å². The molecule has 7 aromatic rings. The summed E-state index contributed by atoms with van der Waals surface area (Å²) in [4.78, 5) is 10.9. The number of hydrogen-bond acceptors (Lipinski definition) is 6. The van der Waals surface area contributed by atoms with Crippen molar-refractivity contribution in [3.05, 3.63) is 237 Å². The number of halogens is 1. The van der Waals surface area contributed by atoms with Crippen LogP contribution in [-0.2, 0) is 20.0 Å². The normalized spacial score (nSPS) is 19.1. The minimum absolute atomic E-state index is 0.127. The van der Waals surface area contributed by atoms with Crippen molar-refractivity contribution in [1.82, 2.24) is 8.61 Å². The summed E-state index contributed by atoms with van der Waals surface area (Å²) >= 11 is 3.75. The quantitative estimate of drug-likeness (QED) is 0.136. The first-order valence-corrected chi connectivity index (χ1v) is 23.6. The molecule has 61 heavy (non-hydrogen) atoms. The van der Waals surface area contributed by atoms with Gasteiger partial charge in [0.25, 0.3) is 20.0 Å². The Morgan fingerprint density at radius 3 is 1.07 bits per heavy atom. The summed E-state index contributed by atoms with van der Waals surface area (Å²) in [6.45, 7) is 3.83. The van der Waals surface area contributed by atoms with Crippen LogP contribution in [0.4, 0.5) is 0 Å². The van der Waals surface area contributed by atoms with Crippen molar-refractivity contribution < 1.29 is 16.8 Å². The number of nitrogens with zero attached hydrogens (tertiary/aromatic N) is 4.